The molecule has 11 heteroatoms. The molecule has 0 aliphatic heterocycles. The summed E-state index contributed by atoms with van der Waals surface area (Å²) in [6.07, 6.45) is 5.33. The van der Waals surface area contributed by atoms with Gasteiger partial charge in [0.1, 0.15) is 0 Å². The lowest BCUT2D eigenvalue weighted by Crippen LogP contribution is -2.17. The molecule has 1 amide bonds. The minimum absolute atomic E-state index is 0.179. The predicted octanol–water partition coefficient (Wildman–Crippen LogP) is 1.23. The van der Waals surface area contributed by atoms with Crippen molar-refractivity contribution in [1.29, 1.82) is 0 Å². The van der Waals surface area contributed by atoms with E-state index in [4.69, 9.17) is 15.4 Å². The number of furan rings is 1. The number of unbranched alkanes of at least 4 members (excludes halogenated alkanes) is 3. The fourth-order valence-corrected chi connectivity index (χ4v) is 2.41. The molecule has 138 valence electrons. The van der Waals surface area contributed by atoms with Crippen LogP contribution in [0, 0.1) is 0 Å². The minimum atomic E-state index is -0.359. The highest BCUT2D eigenvalue weighted by atomic mass is 16.5. The molecule has 0 saturated heterocycles. The smallest absolute Gasteiger partial charge is 0.259 e. The van der Waals surface area contributed by atoms with Crippen molar-refractivity contribution in [2.45, 2.75) is 32.1 Å². The average Bonchev–Trinajstić information content (AvgIpc) is 3.30. The molecule has 5 N–H and O–H groups in total. The zero-order valence-corrected chi connectivity index (χ0v) is 14.1. The molecule has 0 aliphatic rings. The largest absolute Gasteiger partial charge is 0.461 e. The van der Waals surface area contributed by atoms with Gasteiger partial charge >= 0.3 is 0 Å². The molecule has 0 spiro atoms. The van der Waals surface area contributed by atoms with Crippen LogP contribution in [0.1, 0.15) is 32.1 Å². The first kappa shape index (κ1) is 17.6. The highest BCUT2D eigenvalue weighted by Gasteiger charge is 2.13. The number of hydrogen-bond donors (Lipinski definition) is 4. The number of nitrogens with zero attached hydrogens (tertiary/aromatic N) is 5. The van der Waals surface area contributed by atoms with E-state index in [0.29, 0.717) is 36.3 Å². The van der Waals surface area contributed by atoms with E-state index >= 15 is 0 Å². The maximum Gasteiger partial charge on any atom is 0.259 e. The number of nitrogens with two attached hydrogens (primary N) is 1. The molecule has 0 radical (unpaired) electrons. The lowest BCUT2D eigenvalue weighted by Gasteiger charge is -2.05. The van der Waals surface area contributed by atoms with Gasteiger partial charge in [-0.3, -0.25) is 10.0 Å². The van der Waals surface area contributed by atoms with Crippen LogP contribution in [-0.4, -0.2) is 42.2 Å². The fourth-order valence-electron chi connectivity index (χ4n) is 2.41. The van der Waals surface area contributed by atoms with E-state index in [1.54, 1.807) is 23.9 Å². The van der Waals surface area contributed by atoms with Crippen LogP contribution in [0.25, 0.3) is 17.4 Å². The molecule has 0 aromatic carbocycles. The normalized spacial score (nSPS) is 11.0. The number of nitrogens with one attached hydrogen (secondary N) is 2. The Labute approximate surface area is 148 Å². The summed E-state index contributed by atoms with van der Waals surface area (Å²) in [5.74, 6) is 1.45. The Hall–Kier alpha value is -3.21. The minimum Gasteiger partial charge on any atom is -0.461 e. The molecular weight excluding hydrogens is 340 g/mol. The summed E-state index contributed by atoms with van der Waals surface area (Å²) in [7, 11) is 0. The van der Waals surface area contributed by atoms with Crippen molar-refractivity contribution in [3.05, 3.63) is 18.4 Å². The van der Waals surface area contributed by atoms with Crippen LogP contribution < -0.4 is 16.5 Å². The fraction of sp³-hybridized carbons (Fsp3) is 0.400. The Morgan fingerprint density at radius 1 is 1.23 bits per heavy atom. The molecule has 0 bridgehead atoms. The summed E-state index contributed by atoms with van der Waals surface area (Å²) in [4.78, 5) is 23.6. The molecule has 3 aromatic heterocycles. The maximum atomic E-state index is 10.9. The number of carbonyl (C=O) groups excluding carboxylic acids is 1. The first-order chi connectivity index (χ1) is 12.7. The first-order valence-electron chi connectivity index (χ1n) is 8.28. The van der Waals surface area contributed by atoms with Crippen molar-refractivity contribution >= 4 is 23.6 Å². The summed E-state index contributed by atoms with van der Waals surface area (Å²) in [5, 5.41) is 15.7. The molecule has 0 unspecified atom stereocenters. The van der Waals surface area contributed by atoms with Gasteiger partial charge in [-0.1, -0.05) is 12.8 Å². The van der Waals surface area contributed by atoms with Crippen molar-refractivity contribution < 1.29 is 14.4 Å². The predicted molar refractivity (Wildman–Crippen MR) is 92.2 cm³/mol. The van der Waals surface area contributed by atoms with E-state index in [2.05, 4.69) is 25.4 Å². The van der Waals surface area contributed by atoms with Gasteiger partial charge in [0, 0.05) is 13.0 Å². The molecule has 0 aliphatic carbocycles. The van der Waals surface area contributed by atoms with Gasteiger partial charge in [-0.05, 0) is 25.0 Å². The second-order valence-corrected chi connectivity index (χ2v) is 5.66. The molecule has 26 heavy (non-hydrogen) atoms. The summed E-state index contributed by atoms with van der Waals surface area (Å²) in [6.45, 7) is 0.668. The lowest BCUT2D eigenvalue weighted by molar-refractivity contribution is -0.129. The van der Waals surface area contributed by atoms with Gasteiger partial charge < -0.3 is 15.5 Å². The van der Waals surface area contributed by atoms with Crippen molar-refractivity contribution in [3.63, 3.8) is 0 Å². The van der Waals surface area contributed by atoms with Gasteiger partial charge in [-0.15, -0.1) is 5.10 Å². The highest BCUT2D eigenvalue weighted by Crippen LogP contribution is 2.17. The van der Waals surface area contributed by atoms with Crippen molar-refractivity contribution in [3.8, 4) is 11.6 Å². The monoisotopic (exact) mass is 360 g/mol. The standard InChI is InChI=1S/C15H20N8O3/c16-13-19-14(17-8-4-2-1-3-7-11(24)22-25)20-15-18-12(21-23(13)15)10-6-5-9-26-10/h5-6,9,25H,1-4,7-8H2,(H,22,24)(H3,16,17,18,19,20,21). The van der Waals surface area contributed by atoms with Crippen LogP contribution in [0.5, 0.6) is 0 Å². The van der Waals surface area contributed by atoms with E-state index in [1.807, 2.05) is 0 Å². The van der Waals surface area contributed by atoms with Gasteiger partial charge in [0.05, 0.1) is 6.26 Å². The van der Waals surface area contributed by atoms with Crippen LogP contribution in [0.4, 0.5) is 11.9 Å². The molecule has 3 rings (SSSR count). The van der Waals surface area contributed by atoms with Gasteiger partial charge in [0.2, 0.25) is 23.6 Å². The van der Waals surface area contributed by atoms with Gasteiger partial charge in [0.15, 0.2) is 5.76 Å². The second kappa shape index (κ2) is 8.25. The van der Waals surface area contributed by atoms with Crippen molar-refractivity contribution in [2.75, 3.05) is 17.6 Å². The Morgan fingerprint density at radius 3 is 2.85 bits per heavy atom. The summed E-state index contributed by atoms with van der Waals surface area (Å²) >= 11 is 0. The summed E-state index contributed by atoms with van der Waals surface area (Å²) in [5.41, 5.74) is 7.54. The molecule has 3 aromatic rings. The number of fused-ring (bicyclic) bond motifs is 1. The van der Waals surface area contributed by atoms with Crippen LogP contribution in [0.15, 0.2) is 22.8 Å². The lowest BCUT2D eigenvalue weighted by atomic mass is 10.1. The Balaban J connectivity index is 1.52. The quantitative estimate of drug-likeness (QED) is 0.250. The molecule has 0 atom stereocenters. The molecule has 0 fully saturated rings. The number of carbonyl (C=O) groups is 1. The number of nitrogen functional groups attached to an aromatic ring is 1. The van der Waals surface area contributed by atoms with Crippen LogP contribution in [0.2, 0.25) is 0 Å². The summed E-state index contributed by atoms with van der Waals surface area (Å²) < 4.78 is 6.63. The van der Waals surface area contributed by atoms with Crippen molar-refractivity contribution in [1.82, 2.24) is 30.0 Å². The molecule has 3 heterocycles. The third-order valence-corrected chi connectivity index (χ3v) is 3.71. The molecule has 11 nitrogen and oxygen atoms in total. The Bertz CT molecular complexity index is 861. The Kier molecular flexibility index (Phi) is 5.59. The van der Waals surface area contributed by atoms with E-state index in [-0.39, 0.29) is 11.9 Å². The number of anilines is 2. The van der Waals surface area contributed by atoms with E-state index in [1.165, 1.54) is 4.52 Å². The second-order valence-electron chi connectivity index (χ2n) is 5.66. The number of hydroxylamine groups is 1. The SMILES string of the molecule is Nc1nc(NCCCCCCC(=O)NO)nc2nc(-c3ccco3)nn12. The Morgan fingerprint density at radius 2 is 2.08 bits per heavy atom. The zero-order valence-electron chi connectivity index (χ0n) is 14.1. The van der Waals surface area contributed by atoms with E-state index in [0.717, 1.165) is 25.7 Å². The van der Waals surface area contributed by atoms with Gasteiger partial charge in [0.25, 0.3) is 5.78 Å². The van der Waals surface area contributed by atoms with E-state index in [9.17, 15) is 4.79 Å². The average molecular weight is 360 g/mol. The third kappa shape index (κ3) is 4.25. The van der Waals surface area contributed by atoms with Crippen molar-refractivity contribution in [2.24, 2.45) is 0 Å². The van der Waals surface area contributed by atoms with E-state index < -0.39 is 0 Å². The van der Waals surface area contributed by atoms with Gasteiger partial charge in [-0.2, -0.15) is 19.5 Å². The number of aromatic nitrogens is 5. The van der Waals surface area contributed by atoms with Gasteiger partial charge in [-0.25, -0.2) is 5.48 Å². The number of rotatable bonds is 9. The topological polar surface area (TPSA) is 156 Å². The summed E-state index contributed by atoms with van der Waals surface area (Å²) in [6, 6.07) is 3.50. The highest BCUT2D eigenvalue weighted by molar-refractivity contribution is 5.74. The number of hydrogen-bond acceptors (Lipinski definition) is 9. The molecule has 0 saturated carbocycles. The maximum absolute atomic E-state index is 10.9. The molecular formula is C15H20N8O3. The van der Waals surface area contributed by atoms with Crippen LogP contribution >= 0.6 is 0 Å². The third-order valence-electron chi connectivity index (χ3n) is 3.71. The first-order valence-corrected chi connectivity index (χ1v) is 8.28. The number of amides is 1. The van der Waals surface area contributed by atoms with Crippen LogP contribution in [0.3, 0.4) is 0 Å². The van der Waals surface area contributed by atoms with Crippen LogP contribution in [-0.2, 0) is 4.79 Å². The zero-order chi connectivity index (χ0) is 18.4.